The van der Waals surface area contributed by atoms with E-state index in [1.165, 1.54) is 4.57 Å². The van der Waals surface area contributed by atoms with E-state index in [1.54, 1.807) is 36.9 Å². The second kappa shape index (κ2) is 6.00. The molecule has 6 nitrogen and oxygen atoms in total. The van der Waals surface area contributed by atoms with Gasteiger partial charge < -0.3 is 4.74 Å². The van der Waals surface area contributed by atoms with Gasteiger partial charge in [-0.05, 0) is 23.8 Å². The molecule has 1 N–H and O–H groups in total. The highest BCUT2D eigenvalue weighted by Crippen LogP contribution is 2.17. The average molecular weight is 311 g/mol. The molecule has 0 saturated carbocycles. The number of fused-ring (bicyclic) bond motifs is 1. The summed E-state index contributed by atoms with van der Waals surface area (Å²) in [5.41, 5.74) is 2.95. The molecular weight excluding hydrogens is 294 g/mol. The minimum atomic E-state index is -0.533. The molecule has 1 amide bonds. The first kappa shape index (κ1) is 14.9. The van der Waals surface area contributed by atoms with Crippen molar-refractivity contribution < 1.29 is 9.53 Å². The molecule has 118 valence electrons. The molecule has 0 bridgehead atoms. The van der Waals surface area contributed by atoms with Gasteiger partial charge in [0.05, 0.1) is 11.0 Å². The number of hydrogen-bond acceptors (Lipinski definition) is 3. The molecule has 1 heterocycles. The number of benzene rings is 2. The summed E-state index contributed by atoms with van der Waals surface area (Å²) >= 11 is 0. The minimum absolute atomic E-state index is 0.108. The van der Waals surface area contributed by atoms with Crippen LogP contribution < -0.4 is 11.0 Å². The second-order valence-electron chi connectivity index (χ2n) is 5.29. The number of rotatable bonds is 3. The van der Waals surface area contributed by atoms with Crippen LogP contribution in [0, 0.1) is 0 Å². The summed E-state index contributed by atoms with van der Waals surface area (Å²) in [6, 6.07) is 14.7. The van der Waals surface area contributed by atoms with E-state index in [0.717, 1.165) is 16.6 Å². The molecule has 0 spiro atoms. The number of nitrogens with zero attached hydrogens (tertiary/aromatic N) is 2. The number of carbonyl (C=O) groups is 1. The number of imidazole rings is 1. The molecule has 0 atom stereocenters. The molecule has 23 heavy (non-hydrogen) atoms. The van der Waals surface area contributed by atoms with Crippen molar-refractivity contribution in [3.8, 4) is 0 Å². The van der Waals surface area contributed by atoms with Gasteiger partial charge >= 0.3 is 11.8 Å². The van der Waals surface area contributed by atoms with Crippen LogP contribution in [0.2, 0.25) is 0 Å². The number of aryl methyl sites for hydroxylation is 2. The van der Waals surface area contributed by atoms with Gasteiger partial charge in [0.25, 0.3) is 0 Å². The fraction of sp³-hybridized carbons (Fsp3) is 0.176. The standard InChI is InChI=1S/C17H17N3O3/c1-19-14-9-8-13(10-15(14)20(2)17(19)22)18-16(21)23-11-12-6-4-3-5-7-12/h3-10H,11H2,1-2H3,(H,18,21). The summed E-state index contributed by atoms with van der Waals surface area (Å²) < 4.78 is 8.28. The Balaban J connectivity index is 1.72. The molecule has 0 aliphatic rings. The van der Waals surface area contributed by atoms with Crippen LogP contribution in [0.4, 0.5) is 10.5 Å². The van der Waals surface area contributed by atoms with Crippen LogP contribution >= 0.6 is 0 Å². The zero-order chi connectivity index (χ0) is 16.4. The number of nitrogens with one attached hydrogen (secondary N) is 1. The fourth-order valence-electron chi connectivity index (χ4n) is 2.46. The first-order valence-electron chi connectivity index (χ1n) is 7.19. The van der Waals surface area contributed by atoms with Crippen molar-refractivity contribution in [2.24, 2.45) is 14.1 Å². The van der Waals surface area contributed by atoms with Gasteiger partial charge in [0.2, 0.25) is 0 Å². The molecule has 3 rings (SSSR count). The first-order chi connectivity index (χ1) is 11.1. The van der Waals surface area contributed by atoms with E-state index in [4.69, 9.17) is 4.74 Å². The molecule has 0 radical (unpaired) electrons. The number of ether oxygens (including phenoxy) is 1. The lowest BCUT2D eigenvalue weighted by Gasteiger charge is -2.07. The summed E-state index contributed by atoms with van der Waals surface area (Å²) in [6.07, 6.45) is -0.533. The Morgan fingerprint density at radius 2 is 1.74 bits per heavy atom. The number of aromatic nitrogens is 2. The van der Waals surface area contributed by atoms with Crippen molar-refractivity contribution in [1.29, 1.82) is 0 Å². The Labute approximate surface area is 132 Å². The monoisotopic (exact) mass is 311 g/mol. The maximum atomic E-state index is 11.9. The zero-order valence-electron chi connectivity index (χ0n) is 12.9. The third-order valence-electron chi connectivity index (χ3n) is 3.73. The van der Waals surface area contributed by atoms with Crippen LogP contribution in [0.1, 0.15) is 5.56 Å². The van der Waals surface area contributed by atoms with E-state index < -0.39 is 6.09 Å². The Morgan fingerprint density at radius 1 is 1.04 bits per heavy atom. The van der Waals surface area contributed by atoms with Gasteiger partial charge in [-0.2, -0.15) is 0 Å². The van der Waals surface area contributed by atoms with Crippen LogP contribution in [0.15, 0.2) is 53.3 Å². The van der Waals surface area contributed by atoms with E-state index in [0.29, 0.717) is 5.69 Å². The highest BCUT2D eigenvalue weighted by molar-refractivity contribution is 5.89. The summed E-state index contributed by atoms with van der Waals surface area (Å²) in [5.74, 6) is 0. The summed E-state index contributed by atoms with van der Waals surface area (Å²) in [5, 5.41) is 2.67. The Kier molecular flexibility index (Phi) is 3.89. The predicted octanol–water partition coefficient (Wildman–Crippen LogP) is 2.63. The highest BCUT2D eigenvalue weighted by atomic mass is 16.5. The lowest BCUT2D eigenvalue weighted by Crippen LogP contribution is -2.19. The molecule has 2 aromatic carbocycles. The molecular formula is C17H17N3O3. The molecule has 6 heteroatoms. The molecule has 0 aliphatic heterocycles. The number of amides is 1. The number of carbonyl (C=O) groups excluding carboxylic acids is 1. The fourth-order valence-corrected chi connectivity index (χ4v) is 2.46. The zero-order valence-corrected chi connectivity index (χ0v) is 12.9. The number of hydrogen-bond donors (Lipinski definition) is 1. The van der Waals surface area contributed by atoms with Crippen molar-refractivity contribution >= 4 is 22.8 Å². The third-order valence-corrected chi connectivity index (χ3v) is 3.73. The van der Waals surface area contributed by atoms with E-state index in [-0.39, 0.29) is 12.3 Å². The molecule has 0 aliphatic carbocycles. The Bertz CT molecular complexity index is 910. The van der Waals surface area contributed by atoms with E-state index >= 15 is 0 Å². The number of anilines is 1. The van der Waals surface area contributed by atoms with Crippen molar-refractivity contribution in [3.05, 3.63) is 64.6 Å². The van der Waals surface area contributed by atoms with Gasteiger partial charge in [-0.25, -0.2) is 9.59 Å². The second-order valence-corrected chi connectivity index (χ2v) is 5.29. The van der Waals surface area contributed by atoms with Gasteiger partial charge in [0.15, 0.2) is 0 Å². The lowest BCUT2D eigenvalue weighted by molar-refractivity contribution is 0.155. The van der Waals surface area contributed by atoms with E-state index in [9.17, 15) is 9.59 Å². The third kappa shape index (κ3) is 2.96. The van der Waals surface area contributed by atoms with Gasteiger partial charge in [0.1, 0.15) is 6.61 Å². The first-order valence-corrected chi connectivity index (χ1v) is 7.19. The van der Waals surface area contributed by atoms with Gasteiger partial charge in [-0.3, -0.25) is 14.5 Å². The molecule has 0 unspecified atom stereocenters. The van der Waals surface area contributed by atoms with Crippen LogP contribution in [-0.2, 0) is 25.4 Å². The highest BCUT2D eigenvalue weighted by Gasteiger charge is 2.10. The Hall–Kier alpha value is -3.02. The van der Waals surface area contributed by atoms with Crippen molar-refractivity contribution in [2.45, 2.75) is 6.61 Å². The van der Waals surface area contributed by atoms with E-state index in [1.807, 2.05) is 30.3 Å². The maximum absolute atomic E-state index is 11.9. The molecule has 0 saturated heterocycles. The summed E-state index contributed by atoms with van der Waals surface area (Å²) in [7, 11) is 3.41. The van der Waals surface area contributed by atoms with Crippen LogP contribution in [0.3, 0.4) is 0 Å². The van der Waals surface area contributed by atoms with Crippen molar-refractivity contribution in [3.63, 3.8) is 0 Å². The van der Waals surface area contributed by atoms with Gasteiger partial charge in [-0.1, -0.05) is 30.3 Å². The average Bonchev–Trinajstić information content (AvgIpc) is 2.78. The minimum Gasteiger partial charge on any atom is -0.444 e. The summed E-state index contributed by atoms with van der Waals surface area (Å²) in [6.45, 7) is 0.207. The quantitative estimate of drug-likeness (QED) is 0.808. The largest absolute Gasteiger partial charge is 0.444 e. The molecule has 3 aromatic rings. The lowest BCUT2D eigenvalue weighted by atomic mass is 10.2. The van der Waals surface area contributed by atoms with Gasteiger partial charge in [0, 0.05) is 19.8 Å². The topological polar surface area (TPSA) is 65.3 Å². The van der Waals surface area contributed by atoms with Crippen LogP contribution in [0.25, 0.3) is 11.0 Å². The normalized spacial score (nSPS) is 10.7. The molecule has 0 fully saturated rings. The smallest absolute Gasteiger partial charge is 0.411 e. The SMILES string of the molecule is Cn1c(=O)n(C)c2cc(NC(=O)OCc3ccccc3)ccc21. The van der Waals surface area contributed by atoms with Crippen LogP contribution in [-0.4, -0.2) is 15.2 Å². The van der Waals surface area contributed by atoms with Crippen molar-refractivity contribution in [1.82, 2.24) is 9.13 Å². The Morgan fingerprint density at radius 3 is 2.48 bits per heavy atom. The summed E-state index contributed by atoms with van der Waals surface area (Å²) in [4.78, 5) is 23.8. The van der Waals surface area contributed by atoms with Crippen molar-refractivity contribution in [2.75, 3.05) is 5.32 Å². The van der Waals surface area contributed by atoms with E-state index in [2.05, 4.69) is 5.32 Å². The molecule has 1 aromatic heterocycles. The predicted molar refractivity (Wildman–Crippen MR) is 88.4 cm³/mol. The van der Waals surface area contributed by atoms with Gasteiger partial charge in [-0.15, -0.1) is 0 Å². The van der Waals surface area contributed by atoms with Crippen LogP contribution in [0.5, 0.6) is 0 Å². The maximum Gasteiger partial charge on any atom is 0.411 e.